The van der Waals surface area contributed by atoms with Crippen LogP contribution in [0.1, 0.15) is 20.8 Å². The molecule has 0 heterocycles. The Kier molecular flexibility index (Phi) is 5.33. The van der Waals surface area contributed by atoms with E-state index >= 15 is 0 Å². The predicted octanol–water partition coefficient (Wildman–Crippen LogP) is 1.27. The summed E-state index contributed by atoms with van der Waals surface area (Å²) in [5.74, 6) is 0. The molecule has 0 radical (unpaired) electrons. The second kappa shape index (κ2) is 3.55. The fourth-order valence-electron chi connectivity index (χ4n) is 0. The molecule has 7 heavy (non-hydrogen) atoms. The molecule has 0 aliphatic rings. The molecule has 46 valence electrons. The van der Waals surface area contributed by atoms with E-state index in [4.69, 9.17) is 5.26 Å². The zero-order chi connectivity index (χ0) is 5.21. The number of hydrogen-bond acceptors (Lipinski definition) is 2. The van der Waals surface area contributed by atoms with Crippen molar-refractivity contribution >= 4 is 0 Å². The Morgan fingerprint density at radius 1 is 1.29 bits per heavy atom. The van der Waals surface area contributed by atoms with E-state index in [1.165, 1.54) is 0 Å². The average Bonchev–Trinajstić information content (AvgIpc) is 1.35. The largest absolute Gasteiger partial charge is 0.251 e. The molecule has 0 bridgehead atoms. The van der Waals surface area contributed by atoms with Crippen LogP contribution in [0.3, 0.4) is 0 Å². The molecule has 1 N–H and O–H groups in total. The molecular formula is C4H10O2Os. The first kappa shape index (κ1) is 10.5. The van der Waals surface area contributed by atoms with Crippen LogP contribution in [0.2, 0.25) is 0 Å². The molecule has 0 aliphatic carbocycles. The summed E-state index contributed by atoms with van der Waals surface area (Å²) in [7, 11) is 0. The van der Waals surface area contributed by atoms with Gasteiger partial charge >= 0.3 is 0 Å². The van der Waals surface area contributed by atoms with Gasteiger partial charge in [0.05, 0.1) is 5.60 Å². The Morgan fingerprint density at radius 2 is 1.43 bits per heavy atom. The van der Waals surface area contributed by atoms with E-state index in [0.29, 0.717) is 0 Å². The maximum absolute atomic E-state index is 7.90. The Labute approximate surface area is 56.9 Å². The number of rotatable bonds is 0. The van der Waals surface area contributed by atoms with Gasteiger partial charge in [-0.2, -0.15) is 0 Å². The monoisotopic (exact) mass is 282 g/mol. The number of hydrogen-bond donors (Lipinski definition) is 1. The summed E-state index contributed by atoms with van der Waals surface area (Å²) in [5.41, 5.74) is -0.403. The molecule has 0 aromatic carbocycles. The van der Waals surface area contributed by atoms with Gasteiger partial charge in [-0.25, -0.2) is 4.89 Å². The van der Waals surface area contributed by atoms with Crippen molar-refractivity contribution < 1.29 is 29.9 Å². The maximum Gasteiger partial charge on any atom is 0.0949 e. The van der Waals surface area contributed by atoms with Crippen molar-refractivity contribution in [3.05, 3.63) is 0 Å². The van der Waals surface area contributed by atoms with Gasteiger partial charge in [0.2, 0.25) is 0 Å². The topological polar surface area (TPSA) is 29.5 Å². The molecular weight excluding hydrogens is 270 g/mol. The third kappa shape index (κ3) is 10.8. The molecule has 0 amide bonds. The summed E-state index contributed by atoms with van der Waals surface area (Å²) in [5, 5.41) is 7.90. The minimum Gasteiger partial charge on any atom is -0.251 e. The summed E-state index contributed by atoms with van der Waals surface area (Å²) >= 11 is 0. The van der Waals surface area contributed by atoms with Crippen molar-refractivity contribution in [1.82, 2.24) is 0 Å². The Balaban J connectivity index is 0. The van der Waals surface area contributed by atoms with E-state index in [-0.39, 0.29) is 19.8 Å². The van der Waals surface area contributed by atoms with Crippen LogP contribution in [0.25, 0.3) is 0 Å². The molecule has 0 rings (SSSR count). The van der Waals surface area contributed by atoms with Crippen LogP contribution >= 0.6 is 0 Å². The Bertz CT molecular complexity index is 39.4. The van der Waals surface area contributed by atoms with Crippen LogP contribution in [0, 0.1) is 0 Å². The molecule has 0 unspecified atom stereocenters. The Morgan fingerprint density at radius 3 is 1.43 bits per heavy atom. The van der Waals surface area contributed by atoms with Crippen molar-refractivity contribution in [2.45, 2.75) is 26.4 Å². The predicted molar refractivity (Wildman–Crippen MR) is 23.5 cm³/mol. The maximum atomic E-state index is 7.90. The summed E-state index contributed by atoms with van der Waals surface area (Å²) in [6.45, 7) is 5.31. The molecule has 0 atom stereocenters. The van der Waals surface area contributed by atoms with E-state index in [1.807, 2.05) is 0 Å². The fourth-order valence-corrected chi connectivity index (χ4v) is 0. The van der Waals surface area contributed by atoms with E-state index in [0.717, 1.165) is 0 Å². The van der Waals surface area contributed by atoms with Gasteiger partial charge < -0.3 is 0 Å². The molecule has 0 saturated carbocycles. The minimum absolute atomic E-state index is 0. The van der Waals surface area contributed by atoms with E-state index in [2.05, 4.69) is 4.89 Å². The van der Waals surface area contributed by atoms with Gasteiger partial charge in [0.25, 0.3) is 0 Å². The van der Waals surface area contributed by atoms with E-state index in [1.54, 1.807) is 20.8 Å². The average molecular weight is 280 g/mol. The summed E-state index contributed by atoms with van der Waals surface area (Å²) in [4.78, 5) is 3.94. The zero-order valence-corrected chi connectivity index (χ0v) is 7.25. The van der Waals surface area contributed by atoms with Crippen LogP contribution in [-0.4, -0.2) is 10.9 Å². The Hall–Kier alpha value is 0.556. The molecule has 0 aromatic rings. The fraction of sp³-hybridized carbons (Fsp3) is 1.00. The quantitative estimate of drug-likeness (QED) is 0.535. The van der Waals surface area contributed by atoms with Crippen LogP contribution in [0.5, 0.6) is 0 Å². The molecule has 3 heteroatoms. The first-order valence-corrected chi connectivity index (χ1v) is 1.89. The van der Waals surface area contributed by atoms with Crippen molar-refractivity contribution in [2.24, 2.45) is 0 Å². The van der Waals surface area contributed by atoms with Crippen molar-refractivity contribution in [1.29, 1.82) is 0 Å². The van der Waals surface area contributed by atoms with Crippen LogP contribution in [-0.2, 0) is 24.7 Å². The third-order valence-electron chi connectivity index (χ3n) is 0.274. The second-order valence-electron chi connectivity index (χ2n) is 2.20. The summed E-state index contributed by atoms with van der Waals surface area (Å²) in [6, 6.07) is 0. The molecule has 2 nitrogen and oxygen atoms in total. The van der Waals surface area contributed by atoms with Crippen LogP contribution in [0.15, 0.2) is 0 Å². The summed E-state index contributed by atoms with van der Waals surface area (Å²) < 4.78 is 0. The molecule has 0 aromatic heterocycles. The second-order valence-corrected chi connectivity index (χ2v) is 2.20. The van der Waals surface area contributed by atoms with Gasteiger partial charge in [-0.1, -0.05) is 0 Å². The normalized spacial score (nSPS) is 10.3. The van der Waals surface area contributed by atoms with Gasteiger partial charge in [0, 0.05) is 19.8 Å². The van der Waals surface area contributed by atoms with Gasteiger partial charge in [0.1, 0.15) is 0 Å². The van der Waals surface area contributed by atoms with E-state index in [9.17, 15) is 0 Å². The van der Waals surface area contributed by atoms with Crippen molar-refractivity contribution in [2.75, 3.05) is 0 Å². The standard InChI is InChI=1S/C4H10O2.Os/c1-4(2,3)6-5;/h5H,1-3H3;. The molecule has 0 saturated heterocycles. The third-order valence-corrected chi connectivity index (χ3v) is 0.274. The van der Waals surface area contributed by atoms with Crippen molar-refractivity contribution in [3.8, 4) is 0 Å². The molecule has 0 aliphatic heterocycles. The van der Waals surface area contributed by atoms with E-state index < -0.39 is 5.60 Å². The van der Waals surface area contributed by atoms with Crippen molar-refractivity contribution in [3.63, 3.8) is 0 Å². The first-order chi connectivity index (χ1) is 2.56. The van der Waals surface area contributed by atoms with Gasteiger partial charge in [0.15, 0.2) is 0 Å². The van der Waals surface area contributed by atoms with Gasteiger partial charge in [-0.3, -0.25) is 5.26 Å². The smallest absolute Gasteiger partial charge is 0.0949 e. The SMILES string of the molecule is CC(C)(C)OO.[Os]. The molecule has 0 spiro atoms. The minimum atomic E-state index is -0.403. The first-order valence-electron chi connectivity index (χ1n) is 1.89. The van der Waals surface area contributed by atoms with Gasteiger partial charge in [-0.05, 0) is 20.8 Å². The summed E-state index contributed by atoms with van der Waals surface area (Å²) in [6.07, 6.45) is 0. The molecule has 0 fully saturated rings. The van der Waals surface area contributed by atoms with Gasteiger partial charge in [-0.15, -0.1) is 0 Å². The zero-order valence-electron chi connectivity index (χ0n) is 4.71. The van der Waals surface area contributed by atoms with Crippen LogP contribution < -0.4 is 0 Å². The van der Waals surface area contributed by atoms with Crippen LogP contribution in [0.4, 0.5) is 0 Å².